The van der Waals surface area contributed by atoms with E-state index < -0.39 is 0 Å². The summed E-state index contributed by atoms with van der Waals surface area (Å²) in [6.45, 7) is 6.56. The fourth-order valence-electron chi connectivity index (χ4n) is 3.70. The maximum atomic E-state index is 12.8. The van der Waals surface area contributed by atoms with E-state index in [4.69, 9.17) is 0 Å². The molecule has 1 saturated heterocycles. The fraction of sp³-hybridized carbons (Fsp3) is 0.632. The van der Waals surface area contributed by atoms with Crippen LogP contribution in [-0.2, 0) is 11.2 Å². The highest BCUT2D eigenvalue weighted by molar-refractivity contribution is 5.86. The van der Waals surface area contributed by atoms with Crippen molar-refractivity contribution in [2.45, 2.75) is 45.6 Å². The third kappa shape index (κ3) is 3.19. The third-order valence-electron chi connectivity index (χ3n) is 5.55. The molecule has 0 aromatic heterocycles. The molecule has 0 radical (unpaired) electrons. The van der Waals surface area contributed by atoms with Crippen LogP contribution in [0.1, 0.15) is 37.3 Å². The standard InChI is InChI=1S/C19H28N2O/c1-14-6-4-5-7-16(14)12-19(9-10-19)18(22)20-17-8-11-21(3)13-15(17)2/h4-7,15,17H,8-13H2,1-3H3,(H,20,22)/t15-,17-/m0/s1. The van der Waals surface area contributed by atoms with E-state index in [-0.39, 0.29) is 11.3 Å². The zero-order valence-electron chi connectivity index (χ0n) is 14.1. The van der Waals surface area contributed by atoms with Crippen LogP contribution in [0, 0.1) is 18.3 Å². The van der Waals surface area contributed by atoms with Gasteiger partial charge in [0, 0.05) is 12.6 Å². The quantitative estimate of drug-likeness (QED) is 0.927. The van der Waals surface area contributed by atoms with Gasteiger partial charge >= 0.3 is 0 Å². The maximum Gasteiger partial charge on any atom is 0.226 e. The van der Waals surface area contributed by atoms with Gasteiger partial charge in [-0.2, -0.15) is 0 Å². The zero-order valence-corrected chi connectivity index (χ0v) is 14.1. The summed E-state index contributed by atoms with van der Waals surface area (Å²) in [7, 11) is 2.16. The molecule has 1 aliphatic carbocycles. The minimum atomic E-state index is -0.130. The Hall–Kier alpha value is -1.35. The zero-order chi connectivity index (χ0) is 15.7. The number of hydrogen-bond donors (Lipinski definition) is 1. The van der Waals surface area contributed by atoms with E-state index in [1.54, 1.807) is 0 Å². The van der Waals surface area contributed by atoms with Crippen molar-refractivity contribution in [3.63, 3.8) is 0 Å². The predicted octanol–water partition coefficient (Wildman–Crippen LogP) is 2.77. The van der Waals surface area contributed by atoms with Gasteiger partial charge in [0.25, 0.3) is 0 Å². The molecule has 0 unspecified atom stereocenters. The Kier molecular flexibility index (Phi) is 4.26. The molecular formula is C19H28N2O. The van der Waals surface area contributed by atoms with Gasteiger partial charge in [-0.3, -0.25) is 4.79 Å². The summed E-state index contributed by atoms with van der Waals surface area (Å²) in [5, 5.41) is 3.37. The maximum absolute atomic E-state index is 12.8. The number of carbonyl (C=O) groups excluding carboxylic acids is 1. The molecule has 1 aromatic rings. The molecule has 22 heavy (non-hydrogen) atoms. The van der Waals surface area contributed by atoms with Gasteiger partial charge in [-0.1, -0.05) is 31.2 Å². The molecule has 3 nitrogen and oxygen atoms in total. The van der Waals surface area contributed by atoms with Gasteiger partial charge in [0.1, 0.15) is 0 Å². The Morgan fingerprint density at radius 3 is 2.73 bits per heavy atom. The first kappa shape index (κ1) is 15.5. The second-order valence-corrected chi connectivity index (χ2v) is 7.49. The van der Waals surface area contributed by atoms with Crippen LogP contribution in [-0.4, -0.2) is 37.0 Å². The SMILES string of the molecule is Cc1ccccc1CC1(C(=O)N[C@H]2CCN(C)C[C@@H]2C)CC1. The molecule has 0 spiro atoms. The Labute approximate surface area is 134 Å². The highest BCUT2D eigenvalue weighted by Crippen LogP contribution is 2.49. The molecule has 3 heteroatoms. The molecule has 1 amide bonds. The molecule has 120 valence electrons. The van der Waals surface area contributed by atoms with Crippen LogP contribution in [0.4, 0.5) is 0 Å². The molecule has 1 aliphatic heterocycles. The summed E-state index contributed by atoms with van der Waals surface area (Å²) in [6, 6.07) is 8.80. The number of aryl methyl sites for hydroxylation is 1. The average Bonchev–Trinajstić information content (AvgIpc) is 3.25. The summed E-state index contributed by atoms with van der Waals surface area (Å²) in [6.07, 6.45) is 4.04. The van der Waals surface area contributed by atoms with E-state index >= 15 is 0 Å². The molecule has 1 N–H and O–H groups in total. The van der Waals surface area contributed by atoms with Crippen LogP contribution in [0.15, 0.2) is 24.3 Å². The van der Waals surface area contributed by atoms with E-state index in [9.17, 15) is 4.79 Å². The summed E-state index contributed by atoms with van der Waals surface area (Å²) in [5.41, 5.74) is 2.50. The van der Waals surface area contributed by atoms with Crippen LogP contribution in [0.25, 0.3) is 0 Å². The largest absolute Gasteiger partial charge is 0.353 e. The van der Waals surface area contributed by atoms with Crippen molar-refractivity contribution in [1.82, 2.24) is 10.2 Å². The van der Waals surface area contributed by atoms with Crippen molar-refractivity contribution >= 4 is 5.91 Å². The number of nitrogens with zero attached hydrogens (tertiary/aromatic N) is 1. The van der Waals surface area contributed by atoms with Crippen molar-refractivity contribution in [3.8, 4) is 0 Å². The summed E-state index contributed by atoms with van der Waals surface area (Å²) in [4.78, 5) is 15.2. The molecule has 2 atom stereocenters. The third-order valence-corrected chi connectivity index (χ3v) is 5.55. The fourth-order valence-corrected chi connectivity index (χ4v) is 3.70. The van der Waals surface area contributed by atoms with Crippen molar-refractivity contribution in [2.24, 2.45) is 11.3 Å². The lowest BCUT2D eigenvalue weighted by molar-refractivity contribution is -0.127. The number of benzene rings is 1. The molecule has 3 rings (SSSR count). The second kappa shape index (κ2) is 6.04. The predicted molar refractivity (Wildman–Crippen MR) is 89.8 cm³/mol. The summed E-state index contributed by atoms with van der Waals surface area (Å²) >= 11 is 0. The van der Waals surface area contributed by atoms with Crippen molar-refractivity contribution in [1.29, 1.82) is 0 Å². The molecule has 1 saturated carbocycles. The van der Waals surface area contributed by atoms with E-state index in [2.05, 4.69) is 55.4 Å². The highest BCUT2D eigenvalue weighted by Gasteiger charge is 2.50. The average molecular weight is 300 g/mol. The van der Waals surface area contributed by atoms with Crippen LogP contribution < -0.4 is 5.32 Å². The monoisotopic (exact) mass is 300 g/mol. The molecule has 2 aliphatic rings. The number of rotatable bonds is 4. The number of nitrogens with one attached hydrogen (secondary N) is 1. The van der Waals surface area contributed by atoms with Crippen molar-refractivity contribution < 1.29 is 4.79 Å². The lowest BCUT2D eigenvalue weighted by Gasteiger charge is -2.36. The van der Waals surface area contributed by atoms with E-state index in [1.165, 1.54) is 11.1 Å². The van der Waals surface area contributed by atoms with Gasteiger partial charge in [-0.15, -0.1) is 0 Å². The van der Waals surface area contributed by atoms with E-state index in [0.29, 0.717) is 12.0 Å². The Bertz CT molecular complexity index is 550. The molecule has 1 heterocycles. The lowest BCUT2D eigenvalue weighted by Crippen LogP contribution is -2.50. The molecular weight excluding hydrogens is 272 g/mol. The minimum absolute atomic E-state index is 0.130. The Morgan fingerprint density at radius 1 is 1.36 bits per heavy atom. The summed E-state index contributed by atoms with van der Waals surface area (Å²) < 4.78 is 0. The van der Waals surface area contributed by atoms with Crippen LogP contribution in [0.3, 0.4) is 0 Å². The minimum Gasteiger partial charge on any atom is -0.353 e. The van der Waals surface area contributed by atoms with Gasteiger partial charge in [-0.25, -0.2) is 0 Å². The second-order valence-electron chi connectivity index (χ2n) is 7.49. The Morgan fingerprint density at radius 2 is 2.09 bits per heavy atom. The normalized spacial score (nSPS) is 27.4. The van der Waals surface area contributed by atoms with Crippen molar-refractivity contribution in [3.05, 3.63) is 35.4 Å². The van der Waals surface area contributed by atoms with Crippen LogP contribution in [0.2, 0.25) is 0 Å². The van der Waals surface area contributed by atoms with Gasteiger partial charge < -0.3 is 10.2 Å². The lowest BCUT2D eigenvalue weighted by atomic mass is 9.90. The molecule has 0 bridgehead atoms. The number of hydrogen-bond acceptors (Lipinski definition) is 2. The van der Waals surface area contributed by atoms with Crippen LogP contribution >= 0.6 is 0 Å². The Balaban J connectivity index is 1.63. The first-order chi connectivity index (χ1) is 10.5. The first-order valence-electron chi connectivity index (χ1n) is 8.54. The number of likely N-dealkylation sites (tertiary alicyclic amines) is 1. The first-order valence-corrected chi connectivity index (χ1v) is 8.54. The smallest absolute Gasteiger partial charge is 0.226 e. The summed E-state index contributed by atoms with van der Waals surface area (Å²) in [5.74, 6) is 0.828. The number of carbonyl (C=O) groups is 1. The van der Waals surface area contributed by atoms with Gasteiger partial charge in [0.15, 0.2) is 0 Å². The number of piperidine rings is 1. The molecule has 2 fully saturated rings. The van der Waals surface area contributed by atoms with E-state index in [1.807, 2.05) is 0 Å². The molecule has 1 aromatic carbocycles. The van der Waals surface area contributed by atoms with Gasteiger partial charge in [0.2, 0.25) is 5.91 Å². The van der Waals surface area contributed by atoms with Crippen molar-refractivity contribution in [2.75, 3.05) is 20.1 Å². The van der Waals surface area contributed by atoms with Crippen LogP contribution in [0.5, 0.6) is 0 Å². The number of amides is 1. The van der Waals surface area contributed by atoms with Gasteiger partial charge in [-0.05, 0) is 63.2 Å². The highest BCUT2D eigenvalue weighted by atomic mass is 16.2. The topological polar surface area (TPSA) is 32.3 Å². The van der Waals surface area contributed by atoms with Gasteiger partial charge in [0.05, 0.1) is 5.41 Å². The van der Waals surface area contributed by atoms with E-state index in [0.717, 1.165) is 38.8 Å².